The van der Waals surface area contributed by atoms with E-state index in [0.29, 0.717) is 29.8 Å². The first-order chi connectivity index (χ1) is 11.8. The summed E-state index contributed by atoms with van der Waals surface area (Å²) in [6, 6.07) is 7.32. The molecular weight excluding hydrogens is 342 g/mol. The van der Waals surface area contributed by atoms with Crippen LogP contribution in [-0.2, 0) is 4.74 Å². The van der Waals surface area contributed by atoms with E-state index < -0.39 is 5.60 Å². The zero-order chi connectivity index (χ0) is 18.0. The van der Waals surface area contributed by atoms with E-state index in [1.165, 1.54) is 0 Å². The van der Waals surface area contributed by atoms with Crippen molar-refractivity contribution in [1.82, 2.24) is 15.0 Å². The monoisotopic (exact) mass is 363 g/mol. The van der Waals surface area contributed by atoms with Gasteiger partial charge in [0, 0.05) is 29.6 Å². The Morgan fingerprint density at radius 2 is 1.88 bits per heavy atom. The van der Waals surface area contributed by atoms with Crippen molar-refractivity contribution in [2.75, 3.05) is 13.1 Å². The van der Waals surface area contributed by atoms with E-state index in [-0.39, 0.29) is 12.0 Å². The van der Waals surface area contributed by atoms with Gasteiger partial charge in [0.15, 0.2) is 0 Å². The van der Waals surface area contributed by atoms with Crippen LogP contribution in [0.4, 0.5) is 4.79 Å². The Kier molecular flexibility index (Phi) is 4.99. The number of hydrogen-bond acceptors (Lipinski definition) is 5. The molecule has 2 aromatic rings. The fourth-order valence-electron chi connectivity index (χ4n) is 2.75. The number of likely N-dealkylation sites (tertiary alicyclic amines) is 1. The van der Waals surface area contributed by atoms with Gasteiger partial charge >= 0.3 is 6.09 Å². The molecule has 134 valence electrons. The van der Waals surface area contributed by atoms with E-state index in [2.05, 4.69) is 10.1 Å². The second kappa shape index (κ2) is 7.04. The SMILES string of the molecule is CC(C)(C)OC(=O)N1CCC(c2nc(-c3ccc(Cl)cc3)no2)CC1. The van der Waals surface area contributed by atoms with E-state index in [4.69, 9.17) is 20.9 Å². The van der Waals surface area contributed by atoms with Gasteiger partial charge in [0.05, 0.1) is 0 Å². The van der Waals surface area contributed by atoms with Crippen LogP contribution in [0.2, 0.25) is 5.02 Å². The predicted octanol–water partition coefficient (Wildman–Crippen LogP) is 4.50. The van der Waals surface area contributed by atoms with E-state index in [9.17, 15) is 4.79 Å². The molecule has 0 unspecified atom stereocenters. The molecule has 0 saturated carbocycles. The van der Waals surface area contributed by atoms with Crippen LogP contribution in [0.1, 0.15) is 45.4 Å². The smallest absolute Gasteiger partial charge is 0.410 e. The molecule has 25 heavy (non-hydrogen) atoms. The van der Waals surface area contributed by atoms with Crippen molar-refractivity contribution in [2.24, 2.45) is 0 Å². The van der Waals surface area contributed by atoms with Crippen LogP contribution in [0, 0.1) is 0 Å². The molecule has 1 fully saturated rings. The summed E-state index contributed by atoms with van der Waals surface area (Å²) >= 11 is 5.90. The average molecular weight is 364 g/mol. The average Bonchev–Trinajstić information content (AvgIpc) is 3.04. The Bertz CT molecular complexity index is 729. The molecule has 0 atom stereocenters. The maximum atomic E-state index is 12.1. The molecule has 1 aromatic heterocycles. The van der Waals surface area contributed by atoms with E-state index in [1.807, 2.05) is 32.9 Å². The van der Waals surface area contributed by atoms with Crippen molar-refractivity contribution < 1.29 is 14.1 Å². The van der Waals surface area contributed by atoms with Crippen LogP contribution in [0.5, 0.6) is 0 Å². The summed E-state index contributed by atoms with van der Waals surface area (Å²) in [5.74, 6) is 1.34. The van der Waals surface area contributed by atoms with Gasteiger partial charge in [-0.2, -0.15) is 4.98 Å². The molecule has 1 aromatic carbocycles. The normalized spacial score (nSPS) is 16.1. The first-order valence-electron chi connectivity index (χ1n) is 8.39. The number of nitrogens with zero attached hydrogens (tertiary/aromatic N) is 3. The molecule has 2 heterocycles. The minimum absolute atomic E-state index is 0.159. The number of aromatic nitrogens is 2. The van der Waals surface area contributed by atoms with Crippen LogP contribution >= 0.6 is 11.6 Å². The van der Waals surface area contributed by atoms with Gasteiger partial charge in [-0.15, -0.1) is 0 Å². The summed E-state index contributed by atoms with van der Waals surface area (Å²) in [5, 5.41) is 4.73. The molecule has 7 heteroatoms. The molecule has 1 aliphatic heterocycles. The topological polar surface area (TPSA) is 68.5 Å². The Morgan fingerprint density at radius 1 is 1.24 bits per heavy atom. The molecule has 3 rings (SSSR count). The minimum atomic E-state index is -0.478. The lowest BCUT2D eigenvalue weighted by atomic mass is 9.97. The highest BCUT2D eigenvalue weighted by Crippen LogP contribution is 2.29. The summed E-state index contributed by atoms with van der Waals surface area (Å²) in [4.78, 5) is 18.4. The van der Waals surface area contributed by atoms with Crippen LogP contribution in [0.15, 0.2) is 28.8 Å². The number of piperidine rings is 1. The Labute approximate surface area is 152 Å². The first kappa shape index (κ1) is 17.7. The third kappa shape index (κ3) is 4.51. The standard InChI is InChI=1S/C18H22ClN3O3/c1-18(2,3)24-17(23)22-10-8-13(9-11-22)16-20-15(21-25-16)12-4-6-14(19)7-5-12/h4-7,13H,8-11H2,1-3H3. The van der Waals surface area contributed by atoms with E-state index in [0.717, 1.165) is 18.4 Å². The summed E-state index contributed by atoms with van der Waals surface area (Å²) in [6.45, 7) is 6.85. The molecule has 0 radical (unpaired) electrons. The van der Waals surface area contributed by atoms with Gasteiger partial charge in [-0.05, 0) is 57.9 Å². The number of benzene rings is 1. The van der Waals surface area contributed by atoms with Gasteiger partial charge in [-0.25, -0.2) is 4.79 Å². The summed E-state index contributed by atoms with van der Waals surface area (Å²) in [5.41, 5.74) is 0.388. The van der Waals surface area contributed by atoms with Crippen molar-refractivity contribution in [1.29, 1.82) is 0 Å². The van der Waals surface area contributed by atoms with Gasteiger partial charge < -0.3 is 14.2 Å². The third-order valence-corrected chi connectivity index (χ3v) is 4.29. The molecule has 1 amide bonds. The number of carbonyl (C=O) groups is 1. The maximum absolute atomic E-state index is 12.1. The van der Waals surface area contributed by atoms with E-state index >= 15 is 0 Å². The fraction of sp³-hybridized carbons (Fsp3) is 0.500. The van der Waals surface area contributed by atoms with Gasteiger partial charge in [-0.1, -0.05) is 16.8 Å². The molecule has 1 aliphatic rings. The van der Waals surface area contributed by atoms with Crippen LogP contribution < -0.4 is 0 Å². The van der Waals surface area contributed by atoms with Crippen molar-refractivity contribution in [2.45, 2.75) is 45.1 Å². The molecule has 0 bridgehead atoms. The number of amides is 1. The van der Waals surface area contributed by atoms with Crippen LogP contribution in [0.25, 0.3) is 11.4 Å². The molecule has 0 aliphatic carbocycles. The quantitative estimate of drug-likeness (QED) is 0.785. The highest BCUT2D eigenvalue weighted by molar-refractivity contribution is 6.30. The van der Waals surface area contributed by atoms with Gasteiger partial charge in [-0.3, -0.25) is 0 Å². The lowest BCUT2D eigenvalue weighted by Crippen LogP contribution is -2.41. The molecule has 1 saturated heterocycles. The second-order valence-electron chi connectivity index (χ2n) is 7.20. The number of halogens is 1. The van der Waals surface area contributed by atoms with E-state index in [1.54, 1.807) is 17.0 Å². The highest BCUT2D eigenvalue weighted by Gasteiger charge is 2.30. The number of carbonyl (C=O) groups excluding carboxylic acids is 1. The largest absolute Gasteiger partial charge is 0.444 e. The Hall–Kier alpha value is -2.08. The number of ether oxygens (including phenoxy) is 1. The Balaban J connectivity index is 1.60. The Morgan fingerprint density at radius 3 is 2.48 bits per heavy atom. The molecule has 0 N–H and O–H groups in total. The lowest BCUT2D eigenvalue weighted by molar-refractivity contribution is 0.0198. The van der Waals surface area contributed by atoms with Crippen molar-refractivity contribution in [3.05, 3.63) is 35.2 Å². The molecule has 0 spiro atoms. The third-order valence-electron chi connectivity index (χ3n) is 4.04. The first-order valence-corrected chi connectivity index (χ1v) is 8.77. The summed E-state index contributed by atoms with van der Waals surface area (Å²) < 4.78 is 10.9. The summed E-state index contributed by atoms with van der Waals surface area (Å²) in [7, 11) is 0. The van der Waals surface area contributed by atoms with Crippen molar-refractivity contribution in [3.8, 4) is 11.4 Å². The zero-order valence-electron chi connectivity index (χ0n) is 14.7. The van der Waals surface area contributed by atoms with Crippen molar-refractivity contribution in [3.63, 3.8) is 0 Å². The zero-order valence-corrected chi connectivity index (χ0v) is 15.4. The van der Waals surface area contributed by atoms with Crippen molar-refractivity contribution >= 4 is 17.7 Å². The minimum Gasteiger partial charge on any atom is -0.444 e. The fourth-order valence-corrected chi connectivity index (χ4v) is 2.88. The molecular formula is C18H22ClN3O3. The molecule has 6 nitrogen and oxygen atoms in total. The number of rotatable bonds is 2. The number of hydrogen-bond donors (Lipinski definition) is 0. The van der Waals surface area contributed by atoms with Gasteiger partial charge in [0.25, 0.3) is 0 Å². The van der Waals surface area contributed by atoms with Crippen LogP contribution in [-0.4, -0.2) is 39.8 Å². The second-order valence-corrected chi connectivity index (χ2v) is 7.64. The maximum Gasteiger partial charge on any atom is 0.410 e. The summed E-state index contributed by atoms with van der Waals surface area (Å²) in [6.07, 6.45) is 1.29. The van der Waals surface area contributed by atoms with Crippen LogP contribution in [0.3, 0.4) is 0 Å². The lowest BCUT2D eigenvalue weighted by Gasteiger charge is -2.32. The predicted molar refractivity (Wildman–Crippen MR) is 94.5 cm³/mol. The van der Waals surface area contributed by atoms with Gasteiger partial charge in [0.1, 0.15) is 5.60 Å². The highest BCUT2D eigenvalue weighted by atomic mass is 35.5. The van der Waals surface area contributed by atoms with Gasteiger partial charge in [0.2, 0.25) is 11.7 Å².